The molecule has 0 spiro atoms. The Morgan fingerprint density at radius 3 is 2.27 bits per heavy atom. The molecule has 1 aromatic rings. The quantitative estimate of drug-likeness (QED) is 0.723. The van der Waals surface area contributed by atoms with Crippen LogP contribution in [0.4, 0.5) is 0 Å². The maximum absolute atomic E-state index is 12.7. The number of rotatable bonds is 4. The van der Waals surface area contributed by atoms with Crippen molar-refractivity contribution in [2.45, 2.75) is 17.8 Å². The second kappa shape index (κ2) is 8.27. The minimum Gasteiger partial charge on any atom is -0.339 e. The number of alkyl halides is 2. The summed E-state index contributed by atoms with van der Waals surface area (Å²) in [6.07, 6.45) is 0.246. The number of likely N-dealkylation sites (tertiary alicyclic amines) is 1. The summed E-state index contributed by atoms with van der Waals surface area (Å²) in [6.45, 7) is 2.67. The summed E-state index contributed by atoms with van der Waals surface area (Å²) in [7, 11) is 0. The van der Waals surface area contributed by atoms with Crippen LogP contribution in [-0.2, 0) is 20.9 Å². The van der Waals surface area contributed by atoms with Crippen LogP contribution in [-0.4, -0.2) is 70.0 Å². The Hall–Kier alpha value is -1.79. The smallest absolute Gasteiger partial charge is 0.255 e. The van der Waals surface area contributed by atoms with Gasteiger partial charge in [-0.3, -0.25) is 14.4 Å². The lowest BCUT2D eigenvalue weighted by atomic mass is 10.1. The van der Waals surface area contributed by atoms with Gasteiger partial charge in [-0.1, -0.05) is 53.5 Å². The number of amides is 3. The van der Waals surface area contributed by atoms with E-state index in [4.69, 9.17) is 23.2 Å². The van der Waals surface area contributed by atoms with Crippen molar-refractivity contribution in [1.82, 2.24) is 14.7 Å². The molecule has 3 rings (SSSR count). The molecule has 0 radical (unpaired) electrons. The average molecular weight is 398 g/mol. The van der Waals surface area contributed by atoms with Crippen LogP contribution < -0.4 is 0 Å². The SMILES string of the molecule is O=C1CC(C(=O)N2CCN(C(=O)C(Cl)Cl)CC2)CN1Cc1ccccc1. The van der Waals surface area contributed by atoms with E-state index in [0.717, 1.165) is 5.56 Å². The van der Waals surface area contributed by atoms with Crippen LogP contribution in [0.3, 0.4) is 0 Å². The number of halogens is 2. The Morgan fingerprint density at radius 2 is 1.65 bits per heavy atom. The van der Waals surface area contributed by atoms with E-state index in [1.165, 1.54) is 0 Å². The molecular formula is C18H21Cl2N3O3. The Kier molecular flexibility index (Phi) is 6.04. The predicted molar refractivity (Wildman–Crippen MR) is 98.6 cm³/mol. The Labute approximate surface area is 162 Å². The van der Waals surface area contributed by atoms with E-state index in [1.54, 1.807) is 14.7 Å². The summed E-state index contributed by atoms with van der Waals surface area (Å²) in [5, 5.41) is 0. The van der Waals surface area contributed by atoms with Crippen LogP contribution in [0.5, 0.6) is 0 Å². The van der Waals surface area contributed by atoms with Gasteiger partial charge in [-0.25, -0.2) is 0 Å². The second-order valence-corrected chi connectivity index (χ2v) is 7.71. The van der Waals surface area contributed by atoms with Crippen molar-refractivity contribution in [1.29, 1.82) is 0 Å². The Balaban J connectivity index is 1.53. The van der Waals surface area contributed by atoms with Gasteiger partial charge in [0.15, 0.2) is 4.84 Å². The highest BCUT2D eigenvalue weighted by atomic mass is 35.5. The number of hydrogen-bond donors (Lipinski definition) is 0. The molecule has 2 heterocycles. The number of hydrogen-bond acceptors (Lipinski definition) is 3. The molecule has 1 unspecified atom stereocenters. The van der Waals surface area contributed by atoms with Gasteiger partial charge in [0.05, 0.1) is 5.92 Å². The fourth-order valence-corrected chi connectivity index (χ4v) is 3.71. The highest BCUT2D eigenvalue weighted by Gasteiger charge is 2.37. The molecule has 2 aliphatic heterocycles. The molecular weight excluding hydrogens is 377 g/mol. The van der Waals surface area contributed by atoms with Crippen molar-refractivity contribution in [3.05, 3.63) is 35.9 Å². The van der Waals surface area contributed by atoms with Crippen LogP contribution in [0.15, 0.2) is 30.3 Å². The molecule has 0 saturated carbocycles. The summed E-state index contributed by atoms with van der Waals surface area (Å²) in [6, 6.07) is 9.75. The van der Waals surface area contributed by atoms with Crippen LogP contribution in [0.2, 0.25) is 0 Å². The van der Waals surface area contributed by atoms with Gasteiger partial charge in [0.25, 0.3) is 5.91 Å². The molecule has 6 nitrogen and oxygen atoms in total. The predicted octanol–water partition coefficient (Wildman–Crippen LogP) is 1.51. The summed E-state index contributed by atoms with van der Waals surface area (Å²) < 4.78 is 0. The first-order valence-electron chi connectivity index (χ1n) is 8.63. The summed E-state index contributed by atoms with van der Waals surface area (Å²) in [5.74, 6) is -0.657. The van der Waals surface area contributed by atoms with Crippen LogP contribution in [0.25, 0.3) is 0 Å². The molecule has 140 valence electrons. The molecule has 0 bridgehead atoms. The first-order valence-corrected chi connectivity index (χ1v) is 9.50. The van der Waals surface area contributed by atoms with Crippen molar-refractivity contribution in [3.63, 3.8) is 0 Å². The number of piperazine rings is 1. The van der Waals surface area contributed by atoms with Crippen molar-refractivity contribution in [2.75, 3.05) is 32.7 Å². The zero-order chi connectivity index (χ0) is 18.7. The summed E-state index contributed by atoms with van der Waals surface area (Å²) in [4.78, 5) is 40.8. The van der Waals surface area contributed by atoms with Gasteiger partial charge in [0, 0.05) is 45.7 Å². The number of benzene rings is 1. The van der Waals surface area contributed by atoms with Crippen LogP contribution in [0, 0.1) is 5.92 Å². The minimum atomic E-state index is -1.07. The molecule has 1 atom stereocenters. The molecule has 3 amide bonds. The highest BCUT2D eigenvalue weighted by molar-refractivity contribution is 6.53. The zero-order valence-electron chi connectivity index (χ0n) is 14.3. The van der Waals surface area contributed by atoms with E-state index in [-0.39, 0.29) is 30.1 Å². The largest absolute Gasteiger partial charge is 0.339 e. The Bertz CT molecular complexity index is 676. The first kappa shape index (κ1) is 19.0. The lowest BCUT2D eigenvalue weighted by Gasteiger charge is -2.36. The number of carbonyl (C=O) groups excluding carboxylic acids is 3. The van der Waals surface area contributed by atoms with E-state index in [2.05, 4.69) is 0 Å². The highest BCUT2D eigenvalue weighted by Crippen LogP contribution is 2.23. The third kappa shape index (κ3) is 4.30. The lowest BCUT2D eigenvalue weighted by molar-refractivity contribution is -0.141. The van der Waals surface area contributed by atoms with E-state index in [0.29, 0.717) is 39.3 Å². The summed E-state index contributed by atoms with van der Waals surface area (Å²) >= 11 is 11.2. The monoisotopic (exact) mass is 397 g/mol. The average Bonchev–Trinajstić information content (AvgIpc) is 3.02. The van der Waals surface area contributed by atoms with Crippen molar-refractivity contribution < 1.29 is 14.4 Å². The van der Waals surface area contributed by atoms with Gasteiger partial charge in [-0.15, -0.1) is 0 Å². The van der Waals surface area contributed by atoms with Gasteiger partial charge >= 0.3 is 0 Å². The molecule has 0 aromatic heterocycles. The van der Waals surface area contributed by atoms with E-state index in [1.807, 2.05) is 30.3 Å². The fourth-order valence-electron chi connectivity index (χ4n) is 3.44. The molecule has 1 aromatic carbocycles. The second-order valence-electron chi connectivity index (χ2n) is 6.61. The number of nitrogens with zero attached hydrogens (tertiary/aromatic N) is 3. The van der Waals surface area contributed by atoms with Crippen LogP contribution in [0.1, 0.15) is 12.0 Å². The minimum absolute atomic E-state index is 0.00754. The van der Waals surface area contributed by atoms with E-state index in [9.17, 15) is 14.4 Å². The molecule has 26 heavy (non-hydrogen) atoms. The topological polar surface area (TPSA) is 60.9 Å². The van der Waals surface area contributed by atoms with Crippen molar-refractivity contribution in [3.8, 4) is 0 Å². The van der Waals surface area contributed by atoms with Crippen molar-refractivity contribution in [2.24, 2.45) is 5.92 Å². The maximum atomic E-state index is 12.7. The molecule has 8 heteroatoms. The third-order valence-electron chi connectivity index (χ3n) is 4.87. The van der Waals surface area contributed by atoms with Crippen molar-refractivity contribution >= 4 is 40.9 Å². The van der Waals surface area contributed by atoms with Gasteiger partial charge in [-0.2, -0.15) is 0 Å². The number of carbonyl (C=O) groups is 3. The van der Waals surface area contributed by atoms with E-state index < -0.39 is 4.84 Å². The molecule has 0 aliphatic carbocycles. The Morgan fingerprint density at radius 1 is 1.04 bits per heavy atom. The standard InChI is InChI=1S/C18H21Cl2N3O3/c19-16(20)18(26)22-8-6-21(7-9-22)17(25)14-10-15(24)23(12-14)11-13-4-2-1-3-5-13/h1-5,14,16H,6-12H2. The molecule has 2 aliphatic rings. The molecule has 2 saturated heterocycles. The van der Waals surface area contributed by atoms with Gasteiger partial charge in [-0.05, 0) is 5.56 Å². The lowest BCUT2D eigenvalue weighted by Crippen LogP contribution is -2.53. The third-order valence-corrected chi connectivity index (χ3v) is 5.24. The maximum Gasteiger partial charge on any atom is 0.255 e. The van der Waals surface area contributed by atoms with E-state index >= 15 is 0 Å². The van der Waals surface area contributed by atoms with Crippen LogP contribution >= 0.6 is 23.2 Å². The summed E-state index contributed by atoms with van der Waals surface area (Å²) in [5.41, 5.74) is 1.05. The fraction of sp³-hybridized carbons (Fsp3) is 0.500. The molecule has 2 fully saturated rings. The normalized spacial score (nSPS) is 20.8. The van der Waals surface area contributed by atoms with Gasteiger partial charge < -0.3 is 14.7 Å². The molecule has 0 N–H and O–H groups in total. The zero-order valence-corrected chi connectivity index (χ0v) is 15.8. The van der Waals surface area contributed by atoms with Gasteiger partial charge in [0.1, 0.15) is 0 Å². The first-order chi connectivity index (χ1) is 12.5. The van der Waals surface area contributed by atoms with Gasteiger partial charge in [0.2, 0.25) is 11.8 Å².